The number of aryl methyl sites for hydroxylation is 2. The van der Waals surface area contributed by atoms with Gasteiger partial charge in [-0.1, -0.05) is 27.2 Å². The summed E-state index contributed by atoms with van der Waals surface area (Å²) in [6.45, 7) is 6.20. The summed E-state index contributed by atoms with van der Waals surface area (Å²) in [6, 6.07) is 0. The highest BCUT2D eigenvalue weighted by Gasteiger charge is 2.36. The lowest BCUT2D eigenvalue weighted by Crippen LogP contribution is -2.43. The number of nitrogens with zero attached hydrogens (tertiary/aromatic N) is 3. The first-order valence-electron chi connectivity index (χ1n) is 9.76. The van der Waals surface area contributed by atoms with Gasteiger partial charge in [0.15, 0.2) is 0 Å². The lowest BCUT2D eigenvalue weighted by atomic mass is 9.96. The van der Waals surface area contributed by atoms with Crippen LogP contribution in [-0.4, -0.2) is 39.6 Å². The molecule has 0 aliphatic carbocycles. The number of carbonyl (C=O) groups excluding carboxylic acids is 1. The van der Waals surface area contributed by atoms with Crippen LogP contribution < -0.4 is 5.56 Å². The van der Waals surface area contributed by atoms with Crippen molar-refractivity contribution >= 4 is 27.5 Å². The van der Waals surface area contributed by atoms with Crippen LogP contribution in [0.1, 0.15) is 61.1 Å². The Morgan fingerprint density at radius 1 is 1.17 bits per heavy atom. The van der Waals surface area contributed by atoms with Gasteiger partial charge in [0.25, 0.3) is 11.5 Å². The van der Waals surface area contributed by atoms with Gasteiger partial charge < -0.3 is 4.90 Å². The van der Waals surface area contributed by atoms with Crippen LogP contribution in [0.3, 0.4) is 0 Å². The molecule has 0 radical (unpaired) electrons. The number of halogens is 3. The van der Waals surface area contributed by atoms with E-state index in [0.717, 1.165) is 35.5 Å². The highest BCUT2D eigenvalue weighted by atomic mass is 32.1. The molecule has 0 saturated carbocycles. The first kappa shape index (κ1) is 21.8. The topological polar surface area (TPSA) is 55.2 Å². The van der Waals surface area contributed by atoms with Crippen molar-refractivity contribution in [1.29, 1.82) is 0 Å². The van der Waals surface area contributed by atoms with E-state index in [2.05, 4.69) is 4.98 Å². The van der Waals surface area contributed by atoms with E-state index in [1.807, 2.05) is 0 Å². The van der Waals surface area contributed by atoms with Crippen molar-refractivity contribution < 1.29 is 18.0 Å². The van der Waals surface area contributed by atoms with Crippen molar-refractivity contribution in [3.05, 3.63) is 26.6 Å². The van der Waals surface area contributed by atoms with Gasteiger partial charge in [0, 0.05) is 19.5 Å². The highest BCUT2D eigenvalue weighted by molar-refractivity contribution is 7.20. The molecule has 1 aliphatic heterocycles. The fraction of sp³-hybridized carbons (Fsp3) is 0.650. The minimum Gasteiger partial charge on any atom is -0.328 e. The predicted molar refractivity (Wildman–Crippen MR) is 108 cm³/mol. The largest absolute Gasteiger partial charge is 0.406 e. The summed E-state index contributed by atoms with van der Waals surface area (Å²) in [5.74, 6) is -0.000526. The maximum Gasteiger partial charge on any atom is 0.406 e. The minimum absolute atomic E-state index is 0.0397. The third-order valence-corrected chi connectivity index (χ3v) is 6.10. The van der Waals surface area contributed by atoms with Gasteiger partial charge in [0.2, 0.25) is 0 Å². The smallest absolute Gasteiger partial charge is 0.328 e. The van der Waals surface area contributed by atoms with E-state index in [1.165, 1.54) is 0 Å². The number of rotatable bonds is 3. The summed E-state index contributed by atoms with van der Waals surface area (Å²) >= 11 is 1.02. The lowest BCUT2D eigenvalue weighted by molar-refractivity contribution is -0.142. The second-order valence-electron chi connectivity index (χ2n) is 8.87. The number of aromatic nitrogens is 2. The standard InChI is InChI=1S/C20H26F3N3O2S/c1-12-14-16(24-13-8-6-5-7-9-26(13)17(14)27)29-15(12)18(28)25(10-19(2,3)4)11-20(21,22)23/h5-11H2,1-4H3. The number of hydrogen-bond acceptors (Lipinski definition) is 4. The Morgan fingerprint density at radius 3 is 2.48 bits per heavy atom. The van der Waals surface area contributed by atoms with Gasteiger partial charge in [0.1, 0.15) is 17.2 Å². The van der Waals surface area contributed by atoms with Crippen LogP contribution in [0, 0.1) is 12.3 Å². The highest BCUT2D eigenvalue weighted by Crippen LogP contribution is 2.31. The fourth-order valence-electron chi connectivity index (χ4n) is 3.75. The van der Waals surface area contributed by atoms with Crippen molar-refractivity contribution in [2.24, 2.45) is 5.41 Å². The minimum atomic E-state index is -4.50. The maximum absolute atomic E-state index is 13.1. The molecule has 0 atom stereocenters. The number of fused-ring (bicyclic) bond motifs is 2. The van der Waals surface area contributed by atoms with Crippen LogP contribution in [0.15, 0.2) is 4.79 Å². The van der Waals surface area contributed by atoms with Crippen molar-refractivity contribution in [3.8, 4) is 0 Å². The third kappa shape index (κ3) is 4.82. The van der Waals surface area contributed by atoms with E-state index >= 15 is 0 Å². The van der Waals surface area contributed by atoms with Crippen molar-refractivity contribution in [2.45, 2.75) is 66.1 Å². The first-order chi connectivity index (χ1) is 13.4. The Morgan fingerprint density at radius 2 is 1.86 bits per heavy atom. The van der Waals surface area contributed by atoms with Gasteiger partial charge in [-0.2, -0.15) is 13.2 Å². The average Bonchev–Trinajstić information content (AvgIpc) is 2.75. The van der Waals surface area contributed by atoms with E-state index in [1.54, 1.807) is 32.3 Å². The lowest BCUT2D eigenvalue weighted by Gasteiger charge is -2.30. The molecular formula is C20H26F3N3O2S. The summed E-state index contributed by atoms with van der Waals surface area (Å²) in [5, 5.41) is 0.353. The summed E-state index contributed by atoms with van der Waals surface area (Å²) in [6.07, 6.45) is -0.951. The summed E-state index contributed by atoms with van der Waals surface area (Å²) in [5.41, 5.74) is -0.272. The van der Waals surface area contributed by atoms with Crippen molar-refractivity contribution in [2.75, 3.05) is 13.1 Å². The zero-order valence-electron chi connectivity index (χ0n) is 17.2. The second kappa shape index (κ2) is 7.74. The molecule has 0 unspecified atom stereocenters. The Labute approximate surface area is 171 Å². The molecule has 0 bridgehead atoms. The molecule has 0 fully saturated rings. The molecule has 2 aromatic rings. The molecule has 3 heterocycles. The molecule has 160 valence electrons. The maximum atomic E-state index is 13.1. The molecule has 29 heavy (non-hydrogen) atoms. The summed E-state index contributed by atoms with van der Waals surface area (Å²) in [4.78, 5) is 32.1. The van der Waals surface area contributed by atoms with E-state index < -0.39 is 24.0 Å². The molecule has 9 heteroatoms. The van der Waals surface area contributed by atoms with E-state index in [-0.39, 0.29) is 17.0 Å². The zero-order chi connectivity index (χ0) is 21.6. The van der Waals surface area contributed by atoms with Gasteiger partial charge in [-0.3, -0.25) is 14.2 Å². The molecule has 0 N–H and O–H groups in total. The monoisotopic (exact) mass is 429 g/mol. The Bertz CT molecular complexity index is 970. The Hall–Kier alpha value is -1.90. The molecule has 1 amide bonds. The summed E-state index contributed by atoms with van der Waals surface area (Å²) < 4.78 is 41.0. The molecule has 0 aromatic carbocycles. The van der Waals surface area contributed by atoms with Gasteiger partial charge in [-0.05, 0) is 30.7 Å². The molecule has 0 saturated heterocycles. The summed E-state index contributed by atoms with van der Waals surface area (Å²) in [7, 11) is 0. The van der Waals surface area contributed by atoms with Gasteiger partial charge >= 0.3 is 6.18 Å². The van der Waals surface area contributed by atoms with Crippen LogP contribution >= 0.6 is 11.3 Å². The molecule has 5 nitrogen and oxygen atoms in total. The predicted octanol–water partition coefficient (Wildman–Crippen LogP) is 4.54. The fourth-order valence-corrected chi connectivity index (χ4v) is 4.90. The molecular weight excluding hydrogens is 403 g/mol. The number of thiophene rings is 1. The quantitative estimate of drug-likeness (QED) is 0.720. The van der Waals surface area contributed by atoms with Crippen LogP contribution in [0.5, 0.6) is 0 Å². The third-order valence-electron chi connectivity index (χ3n) is 4.93. The number of amides is 1. The van der Waals surface area contributed by atoms with E-state index in [9.17, 15) is 22.8 Å². The molecule has 3 rings (SSSR count). The Balaban J connectivity index is 2.08. The first-order valence-corrected chi connectivity index (χ1v) is 10.6. The van der Waals surface area contributed by atoms with Gasteiger partial charge in [-0.15, -0.1) is 11.3 Å². The van der Waals surface area contributed by atoms with Crippen molar-refractivity contribution in [1.82, 2.24) is 14.5 Å². The average molecular weight is 430 g/mol. The number of carbonyl (C=O) groups is 1. The van der Waals surface area contributed by atoms with Crippen molar-refractivity contribution in [3.63, 3.8) is 0 Å². The van der Waals surface area contributed by atoms with Gasteiger partial charge in [-0.25, -0.2) is 4.98 Å². The van der Waals surface area contributed by atoms with Crippen LogP contribution in [0.25, 0.3) is 10.2 Å². The number of alkyl halides is 3. The van der Waals surface area contributed by atoms with Gasteiger partial charge in [0.05, 0.1) is 10.3 Å². The zero-order valence-corrected chi connectivity index (χ0v) is 18.0. The molecule has 0 spiro atoms. The number of hydrogen-bond donors (Lipinski definition) is 0. The second-order valence-corrected chi connectivity index (χ2v) is 9.87. The van der Waals surface area contributed by atoms with E-state index in [0.29, 0.717) is 34.6 Å². The normalized spacial score (nSPS) is 15.3. The Kier molecular flexibility index (Phi) is 5.82. The molecule has 2 aromatic heterocycles. The van der Waals surface area contributed by atoms with Crippen LogP contribution in [-0.2, 0) is 13.0 Å². The molecule has 1 aliphatic rings. The SMILES string of the molecule is Cc1c(C(=O)N(CC(C)(C)C)CC(F)(F)F)sc2nc3n(c(=O)c12)CCCCC3. The van der Waals surface area contributed by atoms with Crippen LogP contribution in [0.4, 0.5) is 13.2 Å². The van der Waals surface area contributed by atoms with E-state index in [4.69, 9.17) is 0 Å². The van der Waals surface area contributed by atoms with Crippen LogP contribution in [0.2, 0.25) is 0 Å².